The van der Waals surface area contributed by atoms with E-state index in [2.05, 4.69) is 22.2 Å². The number of terminal acetylenes is 1. The van der Waals surface area contributed by atoms with Gasteiger partial charge in [-0.25, -0.2) is 0 Å². The largest absolute Gasteiger partial charge is 0.303 e. The standard InChI is InChI=1S/C9H13N3/c1-3-5-11-9(7-10)4-6-12(2)8-9/h1,11H,4-6,8H2,2H3. The fourth-order valence-corrected chi connectivity index (χ4v) is 1.50. The molecule has 0 aromatic rings. The highest BCUT2D eigenvalue weighted by Gasteiger charge is 2.35. The minimum atomic E-state index is -0.402. The van der Waals surface area contributed by atoms with Crippen LogP contribution in [0.4, 0.5) is 0 Å². The Morgan fingerprint density at radius 2 is 2.50 bits per heavy atom. The molecule has 0 spiro atoms. The number of likely N-dealkylation sites (tertiary alicyclic amines) is 1. The molecule has 0 aromatic carbocycles. The Bertz CT molecular complexity index is 235. The van der Waals surface area contributed by atoms with Gasteiger partial charge in [-0.05, 0) is 13.5 Å². The van der Waals surface area contributed by atoms with E-state index in [0.29, 0.717) is 6.54 Å². The zero-order valence-electron chi connectivity index (χ0n) is 7.30. The molecular formula is C9H13N3. The van der Waals surface area contributed by atoms with E-state index >= 15 is 0 Å². The second-order valence-electron chi connectivity index (χ2n) is 3.24. The van der Waals surface area contributed by atoms with Gasteiger partial charge in [-0.1, -0.05) is 5.92 Å². The van der Waals surface area contributed by atoms with Crippen LogP contribution in [0, 0.1) is 23.7 Å². The highest BCUT2D eigenvalue weighted by molar-refractivity contribution is 5.13. The van der Waals surface area contributed by atoms with Gasteiger partial charge in [-0.3, -0.25) is 5.32 Å². The molecule has 0 amide bonds. The van der Waals surface area contributed by atoms with Gasteiger partial charge in [0, 0.05) is 13.1 Å². The third kappa shape index (κ3) is 1.76. The lowest BCUT2D eigenvalue weighted by Gasteiger charge is -2.20. The summed E-state index contributed by atoms with van der Waals surface area (Å²) in [4.78, 5) is 2.13. The van der Waals surface area contributed by atoms with Gasteiger partial charge < -0.3 is 4.90 Å². The zero-order chi connectivity index (χ0) is 9.03. The van der Waals surface area contributed by atoms with Crippen LogP contribution < -0.4 is 5.32 Å². The first-order valence-corrected chi connectivity index (χ1v) is 4.01. The minimum absolute atomic E-state index is 0.402. The van der Waals surface area contributed by atoms with Gasteiger partial charge in [0.25, 0.3) is 0 Å². The molecule has 0 radical (unpaired) electrons. The Labute approximate surface area is 73.4 Å². The van der Waals surface area contributed by atoms with E-state index < -0.39 is 5.54 Å². The van der Waals surface area contributed by atoms with Crippen molar-refractivity contribution in [1.82, 2.24) is 10.2 Å². The maximum Gasteiger partial charge on any atom is 0.121 e. The quantitative estimate of drug-likeness (QED) is 0.573. The number of nitriles is 1. The van der Waals surface area contributed by atoms with Crippen molar-refractivity contribution in [3.05, 3.63) is 0 Å². The molecule has 0 aromatic heterocycles. The first-order chi connectivity index (χ1) is 5.72. The molecule has 0 bridgehead atoms. The number of hydrogen-bond donors (Lipinski definition) is 1. The fourth-order valence-electron chi connectivity index (χ4n) is 1.50. The van der Waals surface area contributed by atoms with Crippen LogP contribution in [0.2, 0.25) is 0 Å². The molecule has 12 heavy (non-hydrogen) atoms. The predicted molar refractivity (Wildman–Crippen MR) is 47.3 cm³/mol. The van der Waals surface area contributed by atoms with Crippen molar-refractivity contribution >= 4 is 0 Å². The van der Waals surface area contributed by atoms with Crippen molar-refractivity contribution in [3.8, 4) is 18.4 Å². The molecule has 0 saturated carbocycles. The minimum Gasteiger partial charge on any atom is -0.303 e. The summed E-state index contributed by atoms with van der Waals surface area (Å²) >= 11 is 0. The first-order valence-electron chi connectivity index (χ1n) is 4.01. The van der Waals surface area contributed by atoms with Crippen LogP contribution in [0.25, 0.3) is 0 Å². The number of likely N-dealkylation sites (N-methyl/N-ethyl adjacent to an activating group) is 1. The van der Waals surface area contributed by atoms with E-state index in [1.807, 2.05) is 7.05 Å². The molecule has 1 aliphatic rings. The number of hydrogen-bond acceptors (Lipinski definition) is 3. The van der Waals surface area contributed by atoms with Crippen LogP contribution in [-0.4, -0.2) is 37.1 Å². The van der Waals surface area contributed by atoms with Crippen LogP contribution in [0.15, 0.2) is 0 Å². The summed E-state index contributed by atoms with van der Waals surface area (Å²) in [5, 5.41) is 12.0. The molecule has 1 atom stereocenters. The monoisotopic (exact) mass is 163 g/mol. The first kappa shape index (κ1) is 9.06. The van der Waals surface area contributed by atoms with E-state index in [0.717, 1.165) is 19.5 Å². The Balaban J connectivity index is 2.55. The number of rotatable bonds is 2. The molecule has 64 valence electrons. The van der Waals surface area contributed by atoms with Gasteiger partial charge in [-0.2, -0.15) is 5.26 Å². The third-order valence-electron chi connectivity index (χ3n) is 2.20. The van der Waals surface area contributed by atoms with Crippen LogP contribution in [0.1, 0.15) is 6.42 Å². The normalized spacial score (nSPS) is 29.6. The van der Waals surface area contributed by atoms with Crippen LogP contribution >= 0.6 is 0 Å². The van der Waals surface area contributed by atoms with Crippen molar-refractivity contribution in [2.75, 3.05) is 26.7 Å². The summed E-state index contributed by atoms with van der Waals surface area (Å²) in [6, 6.07) is 2.29. The van der Waals surface area contributed by atoms with E-state index in [4.69, 9.17) is 11.7 Å². The molecule has 1 rings (SSSR count). The summed E-state index contributed by atoms with van der Waals surface area (Å²) < 4.78 is 0. The average molecular weight is 163 g/mol. The Morgan fingerprint density at radius 1 is 1.75 bits per heavy atom. The van der Waals surface area contributed by atoms with Gasteiger partial charge in [-0.15, -0.1) is 6.42 Å². The predicted octanol–water partition coefficient (Wildman–Crippen LogP) is -0.193. The van der Waals surface area contributed by atoms with Crippen molar-refractivity contribution in [2.45, 2.75) is 12.0 Å². The lowest BCUT2D eigenvalue weighted by atomic mass is 10.0. The number of nitrogens with one attached hydrogen (secondary N) is 1. The topological polar surface area (TPSA) is 39.1 Å². The van der Waals surface area contributed by atoms with Gasteiger partial charge in [0.05, 0.1) is 12.6 Å². The smallest absolute Gasteiger partial charge is 0.121 e. The Morgan fingerprint density at radius 3 is 2.92 bits per heavy atom. The molecule has 3 nitrogen and oxygen atoms in total. The second kappa shape index (κ2) is 3.58. The van der Waals surface area contributed by atoms with Crippen molar-refractivity contribution < 1.29 is 0 Å². The maximum absolute atomic E-state index is 8.95. The van der Waals surface area contributed by atoms with Gasteiger partial charge in [0.2, 0.25) is 0 Å². The summed E-state index contributed by atoms with van der Waals surface area (Å²) in [7, 11) is 2.01. The van der Waals surface area contributed by atoms with E-state index in [1.54, 1.807) is 0 Å². The van der Waals surface area contributed by atoms with Crippen LogP contribution in [-0.2, 0) is 0 Å². The summed E-state index contributed by atoms with van der Waals surface area (Å²) in [6.45, 7) is 2.21. The highest BCUT2D eigenvalue weighted by atomic mass is 15.2. The van der Waals surface area contributed by atoms with Crippen molar-refractivity contribution in [3.63, 3.8) is 0 Å². The molecule has 1 unspecified atom stereocenters. The highest BCUT2D eigenvalue weighted by Crippen LogP contribution is 2.18. The molecule has 1 N–H and O–H groups in total. The van der Waals surface area contributed by atoms with Crippen LogP contribution in [0.3, 0.4) is 0 Å². The number of nitrogens with zero attached hydrogens (tertiary/aromatic N) is 2. The van der Waals surface area contributed by atoms with E-state index in [9.17, 15) is 0 Å². The summed E-state index contributed by atoms with van der Waals surface area (Å²) in [6.07, 6.45) is 5.98. The molecule has 3 heteroatoms. The Kier molecular flexibility index (Phi) is 2.70. The van der Waals surface area contributed by atoms with Gasteiger partial charge in [0.1, 0.15) is 5.54 Å². The van der Waals surface area contributed by atoms with Crippen molar-refractivity contribution in [2.24, 2.45) is 0 Å². The zero-order valence-corrected chi connectivity index (χ0v) is 7.30. The lowest BCUT2D eigenvalue weighted by molar-refractivity contribution is 0.373. The second-order valence-corrected chi connectivity index (χ2v) is 3.24. The average Bonchev–Trinajstić information content (AvgIpc) is 2.45. The van der Waals surface area contributed by atoms with Crippen LogP contribution in [0.5, 0.6) is 0 Å². The SMILES string of the molecule is C#CCNC1(C#N)CCN(C)C1. The van der Waals surface area contributed by atoms with Gasteiger partial charge in [0.15, 0.2) is 0 Å². The molecule has 1 heterocycles. The van der Waals surface area contributed by atoms with E-state index in [-0.39, 0.29) is 0 Å². The molecule has 0 aliphatic carbocycles. The molecular weight excluding hydrogens is 150 g/mol. The molecule has 1 saturated heterocycles. The summed E-state index contributed by atoms with van der Waals surface area (Å²) in [5.41, 5.74) is -0.402. The van der Waals surface area contributed by atoms with Crippen molar-refractivity contribution in [1.29, 1.82) is 5.26 Å². The summed E-state index contributed by atoms with van der Waals surface area (Å²) in [5.74, 6) is 2.49. The van der Waals surface area contributed by atoms with E-state index in [1.165, 1.54) is 0 Å². The van der Waals surface area contributed by atoms with Gasteiger partial charge >= 0.3 is 0 Å². The fraction of sp³-hybridized carbons (Fsp3) is 0.667. The Hall–Kier alpha value is -1.03. The lowest BCUT2D eigenvalue weighted by Crippen LogP contribution is -2.46. The maximum atomic E-state index is 8.95. The third-order valence-corrected chi connectivity index (χ3v) is 2.20. The molecule has 1 aliphatic heterocycles. The molecule has 1 fully saturated rings.